The number of aliphatic imine (C=N–C) groups is 1. The topological polar surface area (TPSA) is 42.9 Å². The third-order valence-corrected chi connectivity index (χ3v) is 5.71. The van der Waals surface area contributed by atoms with E-state index in [1.165, 1.54) is 5.00 Å². The highest BCUT2D eigenvalue weighted by Gasteiger charge is 2.23. The molecule has 2 rings (SSSR count). The zero-order chi connectivity index (χ0) is 16.9. The summed E-state index contributed by atoms with van der Waals surface area (Å²) in [4.78, 5) is 9.09. The second-order valence-electron chi connectivity index (χ2n) is 6.99. The average molecular weight is 338 g/mol. The first-order valence-electron chi connectivity index (χ1n) is 8.35. The van der Waals surface area contributed by atoms with Gasteiger partial charge in [0, 0.05) is 38.3 Å². The Balaban J connectivity index is 1.78. The summed E-state index contributed by atoms with van der Waals surface area (Å²) in [7, 11) is 6.06. The molecule has 1 saturated heterocycles. The molecule has 5 nitrogen and oxygen atoms in total. The van der Waals surface area contributed by atoms with Gasteiger partial charge in [0.2, 0.25) is 0 Å². The highest BCUT2D eigenvalue weighted by molar-refractivity contribution is 7.14. The number of nitrogens with zero attached hydrogens (tertiary/aromatic N) is 3. The van der Waals surface area contributed by atoms with Crippen LogP contribution in [0.1, 0.15) is 26.7 Å². The molecule has 23 heavy (non-hydrogen) atoms. The first-order valence-corrected chi connectivity index (χ1v) is 9.23. The Morgan fingerprint density at radius 3 is 2.61 bits per heavy atom. The first-order chi connectivity index (χ1) is 10.9. The number of hydrogen-bond acceptors (Lipinski definition) is 4. The lowest BCUT2D eigenvalue weighted by atomic mass is 10.0. The molecule has 0 spiro atoms. The average Bonchev–Trinajstić information content (AvgIpc) is 3.06. The van der Waals surface area contributed by atoms with Crippen LogP contribution in [-0.4, -0.2) is 63.2 Å². The number of nitrogens with one attached hydrogen (secondary N) is 2. The van der Waals surface area contributed by atoms with Gasteiger partial charge in [0.25, 0.3) is 0 Å². The standard InChI is InChI=1S/C17H31N5S/c1-17(2,21(4)5)13-19-16(18-3)20-14-8-10-22(11-9-14)15-7-6-12-23-15/h6-7,12,14H,8-11,13H2,1-5H3,(H2,18,19,20). The van der Waals surface area contributed by atoms with E-state index in [9.17, 15) is 0 Å². The molecular weight excluding hydrogens is 306 g/mol. The number of anilines is 1. The summed E-state index contributed by atoms with van der Waals surface area (Å²) >= 11 is 1.83. The molecular formula is C17H31N5S. The van der Waals surface area contributed by atoms with Crippen LogP contribution in [-0.2, 0) is 0 Å². The lowest BCUT2D eigenvalue weighted by Gasteiger charge is -2.35. The lowest BCUT2D eigenvalue weighted by molar-refractivity contribution is 0.197. The lowest BCUT2D eigenvalue weighted by Crippen LogP contribution is -2.53. The van der Waals surface area contributed by atoms with Crippen LogP contribution in [0.15, 0.2) is 22.5 Å². The molecule has 0 saturated carbocycles. The highest BCUT2D eigenvalue weighted by Crippen LogP contribution is 2.24. The van der Waals surface area contributed by atoms with E-state index in [-0.39, 0.29) is 5.54 Å². The van der Waals surface area contributed by atoms with Crippen molar-refractivity contribution in [3.05, 3.63) is 17.5 Å². The molecule has 0 aliphatic carbocycles. The Labute approximate surface area is 144 Å². The maximum absolute atomic E-state index is 4.38. The van der Waals surface area contributed by atoms with Gasteiger partial charge in [0.1, 0.15) is 0 Å². The van der Waals surface area contributed by atoms with Crippen LogP contribution in [0.25, 0.3) is 0 Å². The quantitative estimate of drug-likeness (QED) is 0.639. The van der Waals surface area contributed by atoms with Crippen LogP contribution in [0.4, 0.5) is 5.00 Å². The molecule has 0 unspecified atom stereocenters. The summed E-state index contributed by atoms with van der Waals surface area (Å²) in [6.07, 6.45) is 2.30. The van der Waals surface area contributed by atoms with Crippen molar-refractivity contribution in [2.75, 3.05) is 45.7 Å². The predicted molar refractivity (Wildman–Crippen MR) is 102 cm³/mol. The van der Waals surface area contributed by atoms with Gasteiger partial charge in [0.05, 0.1) is 5.00 Å². The fourth-order valence-corrected chi connectivity index (χ4v) is 3.33. The molecule has 1 aromatic heterocycles. The fourth-order valence-electron chi connectivity index (χ4n) is 2.54. The Kier molecular flexibility index (Phi) is 6.30. The molecule has 0 amide bonds. The summed E-state index contributed by atoms with van der Waals surface area (Å²) in [5.74, 6) is 0.912. The molecule has 0 bridgehead atoms. The Bertz CT molecular complexity index is 487. The SMILES string of the molecule is CN=C(NCC(C)(C)N(C)C)NC1CCN(c2cccs2)CC1. The Morgan fingerprint density at radius 2 is 2.09 bits per heavy atom. The van der Waals surface area contributed by atoms with Crippen molar-refractivity contribution in [2.45, 2.75) is 38.3 Å². The van der Waals surface area contributed by atoms with Gasteiger partial charge in [-0.1, -0.05) is 0 Å². The van der Waals surface area contributed by atoms with Crippen LogP contribution >= 0.6 is 11.3 Å². The normalized spacial score (nSPS) is 17.7. The van der Waals surface area contributed by atoms with Crippen molar-refractivity contribution in [1.82, 2.24) is 15.5 Å². The van der Waals surface area contributed by atoms with Crippen molar-refractivity contribution >= 4 is 22.3 Å². The number of likely N-dealkylation sites (N-methyl/N-ethyl adjacent to an activating group) is 1. The molecule has 130 valence electrons. The molecule has 0 aromatic carbocycles. The van der Waals surface area contributed by atoms with Gasteiger partial charge < -0.3 is 20.4 Å². The molecule has 0 radical (unpaired) electrons. The third-order valence-electron chi connectivity index (χ3n) is 4.78. The first kappa shape index (κ1) is 18.1. The van der Waals surface area contributed by atoms with Crippen molar-refractivity contribution < 1.29 is 0 Å². The highest BCUT2D eigenvalue weighted by atomic mass is 32.1. The van der Waals surface area contributed by atoms with Crippen molar-refractivity contribution in [2.24, 2.45) is 4.99 Å². The van der Waals surface area contributed by atoms with Crippen LogP contribution in [0.5, 0.6) is 0 Å². The second-order valence-corrected chi connectivity index (χ2v) is 7.92. The molecule has 1 fully saturated rings. The summed E-state index contributed by atoms with van der Waals surface area (Å²) in [6.45, 7) is 7.55. The van der Waals surface area contributed by atoms with Crippen molar-refractivity contribution in [3.63, 3.8) is 0 Å². The number of thiophene rings is 1. The van der Waals surface area contributed by atoms with Gasteiger partial charge >= 0.3 is 0 Å². The number of piperidine rings is 1. The molecule has 2 N–H and O–H groups in total. The van der Waals surface area contributed by atoms with Gasteiger partial charge in [-0.25, -0.2) is 0 Å². The largest absolute Gasteiger partial charge is 0.363 e. The maximum atomic E-state index is 4.38. The molecule has 0 atom stereocenters. The monoisotopic (exact) mass is 337 g/mol. The van der Waals surface area contributed by atoms with Gasteiger partial charge in [-0.05, 0) is 58.3 Å². The van der Waals surface area contributed by atoms with Crippen LogP contribution in [0, 0.1) is 0 Å². The summed E-state index contributed by atoms with van der Waals surface area (Å²) < 4.78 is 0. The number of rotatable bonds is 5. The summed E-state index contributed by atoms with van der Waals surface area (Å²) in [5.41, 5.74) is 0.0974. The minimum atomic E-state index is 0.0974. The van der Waals surface area contributed by atoms with Crippen molar-refractivity contribution in [1.29, 1.82) is 0 Å². The molecule has 6 heteroatoms. The van der Waals surface area contributed by atoms with E-state index < -0.39 is 0 Å². The second kappa shape index (κ2) is 8.02. The van der Waals surface area contributed by atoms with Gasteiger partial charge in [-0.3, -0.25) is 4.99 Å². The van der Waals surface area contributed by atoms with E-state index in [4.69, 9.17) is 0 Å². The van der Waals surface area contributed by atoms with Crippen LogP contribution < -0.4 is 15.5 Å². The maximum Gasteiger partial charge on any atom is 0.191 e. The van der Waals surface area contributed by atoms with Crippen molar-refractivity contribution in [3.8, 4) is 0 Å². The molecule has 2 heterocycles. The van der Waals surface area contributed by atoms with Crippen LogP contribution in [0.2, 0.25) is 0 Å². The number of guanidine groups is 1. The molecule has 1 aliphatic rings. The zero-order valence-corrected chi connectivity index (χ0v) is 15.9. The Hall–Kier alpha value is -1.27. The smallest absolute Gasteiger partial charge is 0.191 e. The fraction of sp³-hybridized carbons (Fsp3) is 0.706. The summed E-state index contributed by atoms with van der Waals surface area (Å²) in [6, 6.07) is 4.84. The number of hydrogen-bond donors (Lipinski definition) is 2. The third kappa shape index (κ3) is 5.11. The molecule has 1 aromatic rings. The van der Waals surface area contributed by atoms with E-state index in [0.29, 0.717) is 6.04 Å². The summed E-state index contributed by atoms with van der Waals surface area (Å²) in [5, 5.41) is 10.6. The molecule has 1 aliphatic heterocycles. The minimum Gasteiger partial charge on any atom is -0.363 e. The van der Waals surface area contributed by atoms with E-state index in [1.807, 2.05) is 18.4 Å². The van der Waals surface area contributed by atoms with Gasteiger partial charge in [0.15, 0.2) is 5.96 Å². The van der Waals surface area contributed by atoms with Crippen LogP contribution in [0.3, 0.4) is 0 Å². The van der Waals surface area contributed by atoms with E-state index in [0.717, 1.165) is 38.4 Å². The van der Waals surface area contributed by atoms with E-state index >= 15 is 0 Å². The predicted octanol–water partition coefficient (Wildman–Crippen LogP) is 2.22. The van der Waals surface area contributed by atoms with E-state index in [1.54, 1.807) is 0 Å². The Morgan fingerprint density at radius 1 is 1.39 bits per heavy atom. The zero-order valence-electron chi connectivity index (χ0n) is 15.1. The van der Waals surface area contributed by atoms with Gasteiger partial charge in [-0.15, -0.1) is 11.3 Å². The van der Waals surface area contributed by atoms with E-state index in [2.05, 4.69) is 70.9 Å². The van der Waals surface area contributed by atoms with Gasteiger partial charge in [-0.2, -0.15) is 0 Å². The minimum absolute atomic E-state index is 0.0974.